The third-order valence-electron chi connectivity index (χ3n) is 2.69. The van der Waals surface area contributed by atoms with Crippen molar-refractivity contribution < 1.29 is 4.79 Å². The lowest BCUT2D eigenvalue weighted by molar-refractivity contribution is 0.0941. The Hall–Kier alpha value is -2.47. The lowest BCUT2D eigenvalue weighted by Crippen LogP contribution is -2.23. The monoisotopic (exact) mass is 286 g/mol. The Bertz CT molecular complexity index is 715. The molecular formula is C14H14N4OS. The van der Waals surface area contributed by atoms with Gasteiger partial charge >= 0.3 is 0 Å². The number of benzene rings is 1. The topological polar surface area (TPSA) is 72.4 Å². The molecule has 1 heterocycles. The second kappa shape index (κ2) is 6.12. The maximum absolute atomic E-state index is 11.6. The fourth-order valence-electron chi connectivity index (χ4n) is 1.89. The van der Waals surface area contributed by atoms with E-state index in [4.69, 9.17) is 5.73 Å². The second-order valence-corrected chi connectivity index (χ2v) is 4.54. The number of carbonyl (C=O) groups excluding carboxylic acids is 1. The molecule has 2 rings (SSSR count). The number of hydrogen-bond acceptors (Lipinski definition) is 3. The van der Waals surface area contributed by atoms with Gasteiger partial charge in [0.25, 0.3) is 0 Å². The molecule has 0 bridgehead atoms. The van der Waals surface area contributed by atoms with Crippen molar-refractivity contribution >= 4 is 46.4 Å². The number of hydrazone groups is 1. The molecule has 1 aromatic carbocycles. The summed E-state index contributed by atoms with van der Waals surface area (Å²) >= 11 is 4.62. The number of nitrogens with one attached hydrogen (secondary N) is 1. The first-order chi connectivity index (χ1) is 9.59. The summed E-state index contributed by atoms with van der Waals surface area (Å²) in [5.41, 5.74) is 9.53. The number of allylic oxidation sites excluding steroid dienone is 1. The molecular weight excluding hydrogens is 272 g/mol. The van der Waals surface area contributed by atoms with E-state index >= 15 is 0 Å². The average molecular weight is 286 g/mol. The maximum atomic E-state index is 11.6. The highest BCUT2D eigenvalue weighted by Gasteiger charge is 2.07. The quantitative estimate of drug-likeness (QED) is 0.515. The molecule has 102 valence electrons. The zero-order valence-corrected chi connectivity index (χ0v) is 11.7. The van der Waals surface area contributed by atoms with Crippen LogP contribution < -0.4 is 11.2 Å². The fraction of sp³-hybridized carbons (Fsp3) is 0.0714. The Morgan fingerprint density at radius 3 is 2.90 bits per heavy atom. The van der Waals surface area contributed by atoms with Crippen LogP contribution in [-0.4, -0.2) is 21.8 Å². The van der Waals surface area contributed by atoms with Gasteiger partial charge in [0.05, 0.1) is 5.52 Å². The Balaban J connectivity index is 2.31. The van der Waals surface area contributed by atoms with Crippen LogP contribution in [-0.2, 0) is 0 Å². The van der Waals surface area contributed by atoms with Crippen LogP contribution in [0.5, 0.6) is 0 Å². The van der Waals surface area contributed by atoms with Crippen molar-refractivity contribution in [2.24, 2.45) is 10.8 Å². The van der Waals surface area contributed by atoms with Crippen molar-refractivity contribution in [1.82, 2.24) is 9.99 Å². The highest BCUT2D eigenvalue weighted by Crippen LogP contribution is 2.22. The van der Waals surface area contributed by atoms with Crippen molar-refractivity contribution in [3.8, 4) is 0 Å². The zero-order valence-electron chi connectivity index (χ0n) is 10.9. The van der Waals surface area contributed by atoms with E-state index in [9.17, 15) is 4.79 Å². The third kappa shape index (κ3) is 3.10. The van der Waals surface area contributed by atoms with E-state index in [1.54, 1.807) is 23.1 Å². The molecule has 20 heavy (non-hydrogen) atoms. The van der Waals surface area contributed by atoms with Gasteiger partial charge in [-0.25, -0.2) is 0 Å². The van der Waals surface area contributed by atoms with Gasteiger partial charge in [-0.3, -0.25) is 14.8 Å². The minimum atomic E-state index is -0.0235. The smallest absolute Gasteiger partial charge is 0.227 e. The van der Waals surface area contributed by atoms with E-state index < -0.39 is 0 Å². The number of para-hydroxylation sites is 1. The summed E-state index contributed by atoms with van der Waals surface area (Å²) in [4.78, 5) is 11.6. The number of nitrogens with two attached hydrogens (primary N) is 1. The normalized spacial score (nSPS) is 11.4. The first-order valence-electron chi connectivity index (χ1n) is 5.96. The second-order valence-electron chi connectivity index (χ2n) is 4.10. The van der Waals surface area contributed by atoms with Crippen molar-refractivity contribution in [1.29, 1.82) is 0 Å². The van der Waals surface area contributed by atoms with E-state index in [1.165, 1.54) is 6.92 Å². The first kappa shape index (κ1) is 14.0. The molecule has 0 unspecified atom stereocenters. The minimum Gasteiger partial charge on any atom is -0.375 e. The predicted molar refractivity (Wildman–Crippen MR) is 85.7 cm³/mol. The highest BCUT2D eigenvalue weighted by molar-refractivity contribution is 7.80. The molecule has 0 fully saturated rings. The van der Waals surface area contributed by atoms with Crippen LogP contribution in [0.2, 0.25) is 0 Å². The number of carbonyl (C=O) groups is 1. The van der Waals surface area contributed by atoms with Crippen molar-refractivity contribution in [2.45, 2.75) is 6.92 Å². The van der Waals surface area contributed by atoms with Gasteiger partial charge in [0.15, 0.2) is 5.11 Å². The molecule has 6 heteroatoms. The van der Waals surface area contributed by atoms with Crippen molar-refractivity contribution in [2.75, 3.05) is 0 Å². The van der Waals surface area contributed by atoms with Crippen LogP contribution in [0.15, 0.2) is 41.6 Å². The first-order valence-corrected chi connectivity index (χ1v) is 6.36. The van der Waals surface area contributed by atoms with E-state index in [0.717, 1.165) is 16.5 Å². The van der Waals surface area contributed by atoms with Crippen LogP contribution in [0.25, 0.3) is 17.0 Å². The van der Waals surface area contributed by atoms with Crippen LogP contribution in [0.3, 0.4) is 0 Å². The van der Waals surface area contributed by atoms with Gasteiger partial charge in [-0.15, -0.1) is 0 Å². The van der Waals surface area contributed by atoms with Gasteiger partial charge < -0.3 is 5.73 Å². The van der Waals surface area contributed by atoms with Crippen LogP contribution >= 0.6 is 12.2 Å². The molecule has 2 aromatic rings. The summed E-state index contributed by atoms with van der Waals surface area (Å²) in [5.74, 6) is -0.0235. The number of aromatic nitrogens is 1. The average Bonchev–Trinajstić information content (AvgIpc) is 2.77. The van der Waals surface area contributed by atoms with E-state index in [2.05, 4.69) is 22.7 Å². The molecule has 0 spiro atoms. The van der Waals surface area contributed by atoms with Gasteiger partial charge in [-0.2, -0.15) is 5.10 Å². The molecule has 0 aliphatic heterocycles. The summed E-state index contributed by atoms with van der Waals surface area (Å²) in [6.45, 7) is 1.54. The summed E-state index contributed by atoms with van der Waals surface area (Å²) < 4.78 is 1.62. The molecule has 0 saturated heterocycles. The van der Waals surface area contributed by atoms with Gasteiger partial charge in [0.2, 0.25) is 5.91 Å². The van der Waals surface area contributed by atoms with Crippen molar-refractivity contribution in [3.05, 3.63) is 42.1 Å². The van der Waals surface area contributed by atoms with Crippen LogP contribution in [0.1, 0.15) is 17.3 Å². The molecule has 0 aliphatic carbocycles. The molecule has 0 saturated carbocycles. The number of nitrogens with zero attached hydrogens (tertiary/aromatic N) is 2. The predicted octanol–water partition coefficient (Wildman–Crippen LogP) is 2.13. The van der Waals surface area contributed by atoms with E-state index in [0.29, 0.717) is 0 Å². The van der Waals surface area contributed by atoms with Crippen molar-refractivity contribution in [3.63, 3.8) is 0 Å². The van der Waals surface area contributed by atoms with Crippen LogP contribution in [0.4, 0.5) is 0 Å². The zero-order chi connectivity index (χ0) is 14.5. The number of rotatable bonds is 3. The summed E-state index contributed by atoms with van der Waals surface area (Å²) in [5, 5.41) is 4.93. The van der Waals surface area contributed by atoms with E-state index in [1.807, 2.05) is 30.3 Å². The number of thiocarbonyl (C=S) groups is 1. The van der Waals surface area contributed by atoms with Crippen LogP contribution in [0, 0.1) is 0 Å². The Morgan fingerprint density at radius 1 is 1.45 bits per heavy atom. The molecule has 1 aromatic heterocycles. The Kier molecular flexibility index (Phi) is 4.27. The summed E-state index contributed by atoms with van der Waals surface area (Å²) in [6.07, 6.45) is 6.96. The van der Waals surface area contributed by atoms with E-state index in [-0.39, 0.29) is 11.0 Å². The van der Waals surface area contributed by atoms with Gasteiger partial charge in [-0.05, 0) is 24.4 Å². The summed E-state index contributed by atoms with van der Waals surface area (Å²) in [6, 6.07) is 7.73. The SMILES string of the molecule is CC(=O)n1cc(/C=C/C=N\NC(N)=S)c2ccccc21. The molecule has 3 N–H and O–H groups in total. The molecule has 0 atom stereocenters. The number of hydrogen-bond donors (Lipinski definition) is 2. The van der Waals surface area contributed by atoms with Gasteiger partial charge in [0, 0.05) is 30.3 Å². The fourth-order valence-corrected chi connectivity index (χ4v) is 1.94. The largest absolute Gasteiger partial charge is 0.375 e. The lowest BCUT2D eigenvalue weighted by Gasteiger charge is -1.96. The molecule has 5 nitrogen and oxygen atoms in total. The Morgan fingerprint density at radius 2 is 2.20 bits per heavy atom. The third-order valence-corrected chi connectivity index (χ3v) is 2.78. The lowest BCUT2D eigenvalue weighted by atomic mass is 10.1. The Labute approximate surface area is 121 Å². The van der Waals surface area contributed by atoms with Gasteiger partial charge in [0.1, 0.15) is 0 Å². The molecule has 0 radical (unpaired) electrons. The molecule has 0 aliphatic rings. The molecule has 0 amide bonds. The highest BCUT2D eigenvalue weighted by atomic mass is 32.1. The van der Waals surface area contributed by atoms with Gasteiger partial charge in [-0.1, -0.05) is 24.3 Å². The summed E-state index contributed by atoms with van der Waals surface area (Å²) in [7, 11) is 0. The maximum Gasteiger partial charge on any atom is 0.227 e. The minimum absolute atomic E-state index is 0.0235. The number of fused-ring (bicyclic) bond motifs is 1. The standard InChI is InChI=1S/C14H14N4OS/c1-10(19)18-9-11(5-4-8-16-17-14(15)20)12-6-2-3-7-13(12)18/h2-9H,1H3,(H3,15,17,20)/b5-4+,16-8-.